The summed E-state index contributed by atoms with van der Waals surface area (Å²) in [5, 5.41) is 0. The number of nitrogens with zero attached hydrogens (tertiary/aromatic N) is 2. The van der Waals surface area contributed by atoms with Crippen LogP contribution in [0.15, 0.2) is 18.2 Å². The second-order valence-corrected chi connectivity index (χ2v) is 9.09. The van der Waals surface area contributed by atoms with Crippen LogP contribution >= 0.6 is 0 Å². The first-order valence-electron chi connectivity index (χ1n) is 11.2. The van der Waals surface area contributed by atoms with Crippen molar-refractivity contribution >= 4 is 11.8 Å². The highest BCUT2D eigenvalue weighted by Crippen LogP contribution is 2.31. The maximum absolute atomic E-state index is 12.5. The van der Waals surface area contributed by atoms with Crippen LogP contribution in [0.4, 0.5) is 10.5 Å². The Labute approximate surface area is 177 Å². The summed E-state index contributed by atoms with van der Waals surface area (Å²) in [5.41, 5.74) is 1.63. The molecule has 0 saturated heterocycles. The molecule has 164 valence electrons. The van der Waals surface area contributed by atoms with E-state index in [0.717, 1.165) is 55.8 Å². The number of fused-ring (bicyclic) bond motifs is 1. The molecule has 0 aromatic heterocycles. The van der Waals surface area contributed by atoms with E-state index in [1.165, 1.54) is 25.8 Å². The number of carbonyl (C=O) groups excluding carboxylic acids is 1. The quantitative estimate of drug-likeness (QED) is 0.472. The fourth-order valence-corrected chi connectivity index (χ4v) is 3.59. The van der Waals surface area contributed by atoms with Crippen LogP contribution in [0.25, 0.3) is 0 Å². The lowest BCUT2D eigenvalue weighted by Gasteiger charge is -2.31. The molecular formula is C24H40N2O3. The Morgan fingerprint density at radius 1 is 1.14 bits per heavy atom. The Kier molecular flexibility index (Phi) is 9.28. The Hall–Kier alpha value is -1.75. The van der Waals surface area contributed by atoms with Gasteiger partial charge in [-0.2, -0.15) is 0 Å². The van der Waals surface area contributed by atoms with Gasteiger partial charge >= 0.3 is 6.09 Å². The van der Waals surface area contributed by atoms with Crippen molar-refractivity contribution < 1.29 is 14.3 Å². The minimum absolute atomic E-state index is 0.268. The zero-order valence-electron chi connectivity index (χ0n) is 19.1. The number of carbonyl (C=O) groups is 1. The summed E-state index contributed by atoms with van der Waals surface area (Å²) in [6.07, 6.45) is 7.73. The van der Waals surface area contributed by atoms with Crippen molar-refractivity contribution in [1.82, 2.24) is 4.90 Å². The molecular weight excluding hydrogens is 364 g/mol. The summed E-state index contributed by atoms with van der Waals surface area (Å²) >= 11 is 0. The third-order valence-corrected chi connectivity index (χ3v) is 5.13. The number of aryl methyl sites for hydroxylation is 1. The van der Waals surface area contributed by atoms with E-state index in [0.29, 0.717) is 6.54 Å². The summed E-state index contributed by atoms with van der Waals surface area (Å²) in [6, 6.07) is 6.05. The second-order valence-electron chi connectivity index (χ2n) is 9.09. The molecule has 0 fully saturated rings. The number of unbranched alkanes of at least 4 members (excludes halogenated alkanes) is 3. The Balaban J connectivity index is 1.79. The predicted molar refractivity (Wildman–Crippen MR) is 120 cm³/mol. The third kappa shape index (κ3) is 8.25. The second kappa shape index (κ2) is 11.4. The molecule has 2 rings (SSSR count). The van der Waals surface area contributed by atoms with E-state index in [2.05, 4.69) is 24.9 Å². The number of hydrogen-bond acceptors (Lipinski definition) is 4. The summed E-state index contributed by atoms with van der Waals surface area (Å²) in [4.78, 5) is 16.7. The highest BCUT2D eigenvalue weighted by molar-refractivity contribution is 5.89. The molecule has 0 radical (unpaired) electrons. The molecule has 1 aromatic carbocycles. The van der Waals surface area contributed by atoms with Crippen molar-refractivity contribution in [3.63, 3.8) is 0 Å². The van der Waals surface area contributed by atoms with Crippen molar-refractivity contribution in [2.24, 2.45) is 0 Å². The molecule has 0 bridgehead atoms. The molecule has 1 aliphatic heterocycles. The van der Waals surface area contributed by atoms with Crippen LogP contribution in [0.5, 0.6) is 5.75 Å². The zero-order valence-corrected chi connectivity index (χ0v) is 19.1. The first kappa shape index (κ1) is 23.5. The standard InChI is InChI=1S/C24H40N2O3/c1-6-7-8-15-25(5)16-9-10-18-28-21-13-14-22-20(19-21)12-11-17-26(22)23(27)29-24(2,3)4/h13-14,19H,6-12,15-18H2,1-5H3. The fraction of sp³-hybridized carbons (Fsp3) is 0.708. The van der Waals surface area contributed by atoms with Gasteiger partial charge in [0.05, 0.1) is 12.3 Å². The van der Waals surface area contributed by atoms with Gasteiger partial charge in [-0.25, -0.2) is 4.79 Å². The zero-order chi connectivity index (χ0) is 21.3. The van der Waals surface area contributed by atoms with E-state index in [9.17, 15) is 4.79 Å². The Morgan fingerprint density at radius 3 is 2.55 bits per heavy atom. The number of amides is 1. The van der Waals surface area contributed by atoms with E-state index in [-0.39, 0.29) is 6.09 Å². The summed E-state index contributed by atoms with van der Waals surface area (Å²) in [6.45, 7) is 11.7. The van der Waals surface area contributed by atoms with E-state index >= 15 is 0 Å². The molecule has 5 nitrogen and oxygen atoms in total. The molecule has 0 aliphatic carbocycles. The first-order valence-corrected chi connectivity index (χ1v) is 11.2. The highest BCUT2D eigenvalue weighted by Gasteiger charge is 2.27. The van der Waals surface area contributed by atoms with Gasteiger partial charge in [0, 0.05) is 6.54 Å². The van der Waals surface area contributed by atoms with Crippen LogP contribution in [0.3, 0.4) is 0 Å². The smallest absolute Gasteiger partial charge is 0.414 e. The van der Waals surface area contributed by atoms with Gasteiger partial charge < -0.3 is 14.4 Å². The topological polar surface area (TPSA) is 42.0 Å². The largest absolute Gasteiger partial charge is 0.494 e. The maximum Gasteiger partial charge on any atom is 0.414 e. The van der Waals surface area contributed by atoms with Crippen LogP contribution in [0, 0.1) is 0 Å². The van der Waals surface area contributed by atoms with Crippen molar-refractivity contribution in [2.45, 2.75) is 78.2 Å². The summed E-state index contributed by atoms with van der Waals surface area (Å²) < 4.78 is 11.5. The molecule has 0 unspecified atom stereocenters. The van der Waals surface area contributed by atoms with Crippen LogP contribution in [-0.4, -0.2) is 49.9 Å². The minimum Gasteiger partial charge on any atom is -0.494 e. The van der Waals surface area contributed by atoms with Crippen LogP contribution in [0.1, 0.15) is 71.8 Å². The van der Waals surface area contributed by atoms with Gasteiger partial charge in [-0.15, -0.1) is 0 Å². The van der Waals surface area contributed by atoms with Gasteiger partial charge in [0.15, 0.2) is 0 Å². The Morgan fingerprint density at radius 2 is 1.86 bits per heavy atom. The van der Waals surface area contributed by atoms with Crippen molar-refractivity contribution in [3.8, 4) is 5.75 Å². The van der Waals surface area contributed by atoms with Crippen LogP contribution in [0.2, 0.25) is 0 Å². The lowest BCUT2D eigenvalue weighted by molar-refractivity contribution is 0.0577. The molecule has 1 aliphatic rings. The number of rotatable bonds is 10. The molecule has 0 N–H and O–H groups in total. The lowest BCUT2D eigenvalue weighted by Crippen LogP contribution is -2.39. The molecule has 0 spiro atoms. The normalized spacial score (nSPS) is 14.1. The Bertz CT molecular complexity index is 640. The summed E-state index contributed by atoms with van der Waals surface area (Å²) in [5.74, 6) is 0.895. The van der Waals surface area contributed by atoms with Gasteiger partial charge in [0.25, 0.3) is 0 Å². The maximum atomic E-state index is 12.5. The van der Waals surface area contributed by atoms with Crippen LogP contribution < -0.4 is 9.64 Å². The monoisotopic (exact) mass is 404 g/mol. The highest BCUT2D eigenvalue weighted by atomic mass is 16.6. The summed E-state index contributed by atoms with van der Waals surface area (Å²) in [7, 11) is 2.20. The van der Waals surface area contributed by atoms with Crippen molar-refractivity contribution in [2.75, 3.05) is 38.2 Å². The molecule has 0 saturated carbocycles. The van der Waals surface area contributed by atoms with E-state index < -0.39 is 5.60 Å². The van der Waals surface area contributed by atoms with E-state index in [1.807, 2.05) is 32.9 Å². The molecule has 29 heavy (non-hydrogen) atoms. The fourth-order valence-electron chi connectivity index (χ4n) is 3.59. The van der Waals surface area contributed by atoms with Gasteiger partial charge in [0.2, 0.25) is 0 Å². The number of anilines is 1. The molecule has 1 heterocycles. The van der Waals surface area contributed by atoms with E-state index in [1.54, 1.807) is 4.90 Å². The van der Waals surface area contributed by atoms with Crippen LogP contribution in [-0.2, 0) is 11.2 Å². The van der Waals surface area contributed by atoms with Gasteiger partial charge in [0.1, 0.15) is 11.4 Å². The average Bonchev–Trinajstić information content (AvgIpc) is 2.66. The van der Waals surface area contributed by atoms with Gasteiger partial charge in [-0.05, 0) is 96.8 Å². The first-order chi connectivity index (χ1) is 13.8. The van der Waals surface area contributed by atoms with Gasteiger partial charge in [-0.1, -0.05) is 19.8 Å². The number of benzene rings is 1. The minimum atomic E-state index is -0.484. The van der Waals surface area contributed by atoms with Crippen molar-refractivity contribution in [3.05, 3.63) is 23.8 Å². The number of ether oxygens (including phenoxy) is 2. The molecule has 1 aromatic rings. The number of hydrogen-bond donors (Lipinski definition) is 0. The average molecular weight is 405 g/mol. The SMILES string of the molecule is CCCCCN(C)CCCCOc1ccc2c(c1)CCCN2C(=O)OC(C)(C)C. The third-order valence-electron chi connectivity index (χ3n) is 5.13. The predicted octanol–water partition coefficient (Wildman–Crippen LogP) is 5.66. The van der Waals surface area contributed by atoms with Gasteiger partial charge in [-0.3, -0.25) is 4.90 Å². The van der Waals surface area contributed by atoms with Crippen molar-refractivity contribution in [1.29, 1.82) is 0 Å². The lowest BCUT2D eigenvalue weighted by atomic mass is 10.0. The molecule has 0 atom stereocenters. The molecule has 5 heteroatoms. The molecule has 1 amide bonds. The van der Waals surface area contributed by atoms with E-state index in [4.69, 9.17) is 9.47 Å².